The van der Waals surface area contributed by atoms with Gasteiger partial charge in [0.1, 0.15) is 12.2 Å². The van der Waals surface area contributed by atoms with Crippen LogP contribution in [0.1, 0.15) is 5.82 Å². The molecule has 0 atom stereocenters. The Morgan fingerprint density at radius 3 is 2.69 bits per heavy atom. The average Bonchev–Trinajstić information content (AvgIpc) is 2.53. The second-order valence-corrected chi connectivity index (χ2v) is 3.09. The lowest BCUT2D eigenvalue weighted by Crippen LogP contribution is -1.95. The molecule has 0 aliphatic rings. The predicted octanol–water partition coefficient (Wildman–Crippen LogP) is 2.23. The van der Waals surface area contributed by atoms with Gasteiger partial charge >= 0.3 is 0 Å². The topological polar surface area (TPSA) is 30.7 Å². The monoisotopic (exact) mass is 193 g/mol. The summed E-state index contributed by atoms with van der Waals surface area (Å²) in [7, 11) is 0. The van der Waals surface area contributed by atoms with Crippen molar-refractivity contribution in [1.82, 2.24) is 14.8 Å². The first-order valence-electron chi connectivity index (χ1n) is 3.90. The summed E-state index contributed by atoms with van der Waals surface area (Å²) in [5, 5.41) is 4.84. The Labute approximate surface area is 81.0 Å². The van der Waals surface area contributed by atoms with Crippen molar-refractivity contribution in [2.75, 3.05) is 0 Å². The molecule has 0 spiro atoms. The van der Waals surface area contributed by atoms with Crippen LogP contribution in [0.25, 0.3) is 5.69 Å². The van der Waals surface area contributed by atoms with Gasteiger partial charge in [-0.1, -0.05) is 23.7 Å². The second kappa shape index (κ2) is 3.18. The quantitative estimate of drug-likeness (QED) is 0.696. The summed E-state index contributed by atoms with van der Waals surface area (Å²) in [5.74, 6) is 0.736. The largest absolute Gasteiger partial charge is 0.220 e. The van der Waals surface area contributed by atoms with Crippen molar-refractivity contribution in [1.29, 1.82) is 0 Å². The fraction of sp³-hybridized carbons (Fsp3) is 0.111. The molecule has 1 aromatic heterocycles. The molecule has 0 N–H and O–H groups in total. The van der Waals surface area contributed by atoms with Crippen LogP contribution in [0.4, 0.5) is 0 Å². The summed E-state index contributed by atoms with van der Waals surface area (Å²) < 4.78 is 1.66. The molecule has 0 aliphatic heterocycles. The van der Waals surface area contributed by atoms with Crippen LogP contribution in [0, 0.1) is 6.92 Å². The van der Waals surface area contributed by atoms with Crippen LogP contribution in [0.5, 0.6) is 0 Å². The minimum absolute atomic E-state index is 0.674. The van der Waals surface area contributed by atoms with Crippen LogP contribution in [-0.4, -0.2) is 14.8 Å². The molecule has 0 fully saturated rings. The Hall–Kier alpha value is -1.35. The van der Waals surface area contributed by atoms with Crippen molar-refractivity contribution < 1.29 is 0 Å². The number of aryl methyl sites for hydroxylation is 1. The summed E-state index contributed by atoms with van der Waals surface area (Å²) in [6.45, 7) is 1.84. The Kier molecular flexibility index (Phi) is 2.02. The molecule has 1 heterocycles. The van der Waals surface area contributed by atoms with Gasteiger partial charge in [-0.05, 0) is 19.1 Å². The van der Waals surface area contributed by atoms with Crippen LogP contribution in [0.3, 0.4) is 0 Å². The summed E-state index contributed by atoms with van der Waals surface area (Å²) in [6.07, 6.45) is 1.65. The molecule has 0 aliphatic carbocycles. The Bertz CT molecular complexity index is 422. The first-order chi connectivity index (χ1) is 6.27. The van der Waals surface area contributed by atoms with Gasteiger partial charge in [0.2, 0.25) is 0 Å². The van der Waals surface area contributed by atoms with E-state index in [2.05, 4.69) is 10.1 Å². The molecule has 0 unspecified atom stereocenters. The zero-order chi connectivity index (χ0) is 9.26. The molecule has 66 valence electrons. The summed E-state index contributed by atoms with van der Waals surface area (Å²) >= 11 is 5.98. The third-order valence-electron chi connectivity index (χ3n) is 1.71. The number of halogens is 1. The molecular formula is C9H8ClN3. The van der Waals surface area contributed by atoms with Crippen LogP contribution in [0.2, 0.25) is 5.02 Å². The molecule has 1 aromatic carbocycles. The fourth-order valence-electron chi connectivity index (χ4n) is 1.10. The SMILES string of the molecule is Cc1ncn(-c2ccccc2Cl)n1. The number of hydrogen-bond donors (Lipinski definition) is 0. The van der Waals surface area contributed by atoms with Gasteiger partial charge in [0.05, 0.1) is 10.7 Å². The standard InChI is InChI=1S/C9H8ClN3/c1-7-11-6-13(12-7)9-5-3-2-4-8(9)10/h2-6H,1H3. The summed E-state index contributed by atoms with van der Waals surface area (Å²) in [4.78, 5) is 4.03. The molecule has 0 radical (unpaired) electrons. The summed E-state index contributed by atoms with van der Waals surface area (Å²) in [6, 6.07) is 7.53. The highest BCUT2D eigenvalue weighted by atomic mass is 35.5. The molecule has 4 heteroatoms. The molecular weight excluding hydrogens is 186 g/mol. The number of rotatable bonds is 1. The molecule has 0 amide bonds. The highest BCUT2D eigenvalue weighted by Crippen LogP contribution is 2.18. The van der Waals surface area contributed by atoms with E-state index in [0.717, 1.165) is 11.5 Å². The molecule has 2 aromatic rings. The number of para-hydroxylation sites is 1. The smallest absolute Gasteiger partial charge is 0.147 e. The minimum atomic E-state index is 0.674. The summed E-state index contributed by atoms with van der Waals surface area (Å²) in [5.41, 5.74) is 0.852. The van der Waals surface area contributed by atoms with Gasteiger partial charge in [-0.25, -0.2) is 9.67 Å². The molecule has 0 saturated carbocycles. The van der Waals surface area contributed by atoms with Crippen LogP contribution in [-0.2, 0) is 0 Å². The van der Waals surface area contributed by atoms with Crippen molar-refractivity contribution in [2.45, 2.75) is 6.92 Å². The second-order valence-electron chi connectivity index (χ2n) is 2.69. The maximum atomic E-state index is 5.98. The van der Waals surface area contributed by atoms with E-state index in [4.69, 9.17) is 11.6 Å². The average molecular weight is 194 g/mol. The molecule has 0 bridgehead atoms. The highest BCUT2D eigenvalue weighted by Gasteiger charge is 2.02. The van der Waals surface area contributed by atoms with Crippen molar-refractivity contribution in [3.05, 3.63) is 41.4 Å². The lowest BCUT2D eigenvalue weighted by Gasteiger charge is -2.01. The lowest BCUT2D eigenvalue weighted by molar-refractivity contribution is 0.863. The van der Waals surface area contributed by atoms with E-state index in [-0.39, 0.29) is 0 Å². The van der Waals surface area contributed by atoms with E-state index in [1.54, 1.807) is 11.0 Å². The Morgan fingerprint density at radius 1 is 1.31 bits per heavy atom. The van der Waals surface area contributed by atoms with E-state index < -0.39 is 0 Å². The zero-order valence-corrected chi connectivity index (χ0v) is 7.86. The maximum Gasteiger partial charge on any atom is 0.147 e. The lowest BCUT2D eigenvalue weighted by atomic mass is 10.3. The first-order valence-corrected chi connectivity index (χ1v) is 4.28. The van der Waals surface area contributed by atoms with Gasteiger partial charge < -0.3 is 0 Å². The van der Waals surface area contributed by atoms with Gasteiger partial charge in [0.15, 0.2) is 0 Å². The van der Waals surface area contributed by atoms with E-state index in [9.17, 15) is 0 Å². The van der Waals surface area contributed by atoms with Gasteiger partial charge in [0.25, 0.3) is 0 Å². The molecule has 13 heavy (non-hydrogen) atoms. The van der Waals surface area contributed by atoms with Gasteiger partial charge in [-0.2, -0.15) is 5.10 Å². The Balaban J connectivity index is 2.52. The van der Waals surface area contributed by atoms with Crippen molar-refractivity contribution in [2.24, 2.45) is 0 Å². The van der Waals surface area contributed by atoms with Crippen LogP contribution < -0.4 is 0 Å². The van der Waals surface area contributed by atoms with Crippen LogP contribution in [0.15, 0.2) is 30.6 Å². The van der Waals surface area contributed by atoms with E-state index >= 15 is 0 Å². The van der Waals surface area contributed by atoms with Crippen molar-refractivity contribution in [3.8, 4) is 5.69 Å². The number of hydrogen-bond acceptors (Lipinski definition) is 2. The first kappa shape index (κ1) is 8.26. The van der Waals surface area contributed by atoms with Gasteiger partial charge in [-0.3, -0.25) is 0 Å². The van der Waals surface area contributed by atoms with E-state index in [1.165, 1.54) is 0 Å². The molecule has 2 rings (SSSR count). The predicted molar refractivity (Wildman–Crippen MR) is 51.1 cm³/mol. The van der Waals surface area contributed by atoms with E-state index in [0.29, 0.717) is 5.02 Å². The normalized spacial score (nSPS) is 10.3. The third-order valence-corrected chi connectivity index (χ3v) is 2.03. The van der Waals surface area contributed by atoms with Crippen LogP contribution >= 0.6 is 11.6 Å². The number of aromatic nitrogens is 3. The highest BCUT2D eigenvalue weighted by molar-refractivity contribution is 6.32. The maximum absolute atomic E-state index is 5.98. The minimum Gasteiger partial charge on any atom is -0.220 e. The van der Waals surface area contributed by atoms with Crippen molar-refractivity contribution >= 4 is 11.6 Å². The van der Waals surface area contributed by atoms with Gasteiger partial charge in [-0.15, -0.1) is 0 Å². The fourth-order valence-corrected chi connectivity index (χ4v) is 1.32. The van der Waals surface area contributed by atoms with Crippen molar-refractivity contribution in [3.63, 3.8) is 0 Å². The zero-order valence-electron chi connectivity index (χ0n) is 7.11. The Morgan fingerprint density at radius 2 is 2.08 bits per heavy atom. The number of benzene rings is 1. The third kappa shape index (κ3) is 1.55. The molecule has 0 saturated heterocycles. The van der Waals surface area contributed by atoms with Gasteiger partial charge in [0, 0.05) is 0 Å². The molecule has 3 nitrogen and oxygen atoms in total. The van der Waals surface area contributed by atoms with E-state index in [1.807, 2.05) is 31.2 Å². The number of nitrogens with zero attached hydrogens (tertiary/aromatic N) is 3.